The van der Waals surface area contributed by atoms with Crippen LogP contribution in [-0.2, 0) is 11.3 Å². The van der Waals surface area contributed by atoms with E-state index in [0.29, 0.717) is 13.2 Å². The van der Waals surface area contributed by atoms with Crippen LogP contribution >= 0.6 is 0 Å². The Morgan fingerprint density at radius 1 is 1.46 bits per heavy atom. The fourth-order valence-corrected chi connectivity index (χ4v) is 0.844. The largest absolute Gasteiger partial charge is 0.383 e. The van der Waals surface area contributed by atoms with E-state index >= 15 is 0 Å². The topological polar surface area (TPSA) is 73.1 Å². The predicted octanol–water partition coefficient (Wildman–Crippen LogP) is -0.00640. The SMILES string of the molecule is COCCNc1ccc(CN)nn1. The highest BCUT2D eigenvalue weighted by molar-refractivity contribution is 5.32. The van der Waals surface area contributed by atoms with Gasteiger partial charge in [0.05, 0.1) is 12.3 Å². The Morgan fingerprint density at radius 2 is 2.31 bits per heavy atom. The van der Waals surface area contributed by atoms with Crippen LogP contribution in [0.5, 0.6) is 0 Å². The summed E-state index contributed by atoms with van der Waals surface area (Å²) in [6.07, 6.45) is 0. The van der Waals surface area contributed by atoms with Crippen molar-refractivity contribution in [3.63, 3.8) is 0 Å². The first-order chi connectivity index (χ1) is 6.36. The van der Waals surface area contributed by atoms with Crippen molar-refractivity contribution in [1.82, 2.24) is 10.2 Å². The molecule has 72 valence electrons. The molecule has 0 aliphatic rings. The van der Waals surface area contributed by atoms with Crippen LogP contribution in [0.25, 0.3) is 0 Å². The van der Waals surface area contributed by atoms with Gasteiger partial charge >= 0.3 is 0 Å². The first-order valence-electron chi connectivity index (χ1n) is 4.12. The summed E-state index contributed by atoms with van der Waals surface area (Å²) >= 11 is 0. The van der Waals surface area contributed by atoms with Gasteiger partial charge in [-0.25, -0.2) is 0 Å². The number of ether oxygens (including phenoxy) is 1. The zero-order valence-electron chi connectivity index (χ0n) is 7.66. The van der Waals surface area contributed by atoms with E-state index in [2.05, 4.69) is 15.5 Å². The van der Waals surface area contributed by atoms with E-state index < -0.39 is 0 Å². The Bertz CT molecular complexity index is 236. The van der Waals surface area contributed by atoms with Gasteiger partial charge in [-0.05, 0) is 12.1 Å². The zero-order valence-corrected chi connectivity index (χ0v) is 7.66. The Kier molecular flexibility index (Phi) is 4.14. The summed E-state index contributed by atoms with van der Waals surface area (Å²) in [5.74, 6) is 0.745. The molecular formula is C8H14N4O. The van der Waals surface area contributed by atoms with E-state index in [1.165, 1.54) is 0 Å². The molecule has 1 aromatic rings. The lowest BCUT2D eigenvalue weighted by Crippen LogP contribution is -2.10. The van der Waals surface area contributed by atoms with Gasteiger partial charge in [-0.1, -0.05) is 0 Å². The third-order valence-electron chi connectivity index (χ3n) is 1.54. The van der Waals surface area contributed by atoms with Crippen molar-refractivity contribution in [2.75, 3.05) is 25.6 Å². The molecule has 0 bridgehead atoms. The van der Waals surface area contributed by atoms with Gasteiger partial charge in [0.15, 0.2) is 0 Å². The molecule has 5 nitrogen and oxygen atoms in total. The van der Waals surface area contributed by atoms with Gasteiger partial charge < -0.3 is 15.8 Å². The summed E-state index contributed by atoms with van der Waals surface area (Å²) < 4.78 is 4.88. The first kappa shape index (κ1) is 9.88. The fourth-order valence-electron chi connectivity index (χ4n) is 0.844. The minimum Gasteiger partial charge on any atom is -0.383 e. The molecule has 1 rings (SSSR count). The Morgan fingerprint density at radius 3 is 2.85 bits per heavy atom. The predicted molar refractivity (Wildman–Crippen MR) is 50.3 cm³/mol. The number of anilines is 1. The molecule has 1 heterocycles. The summed E-state index contributed by atoms with van der Waals surface area (Å²) in [4.78, 5) is 0. The molecule has 0 saturated carbocycles. The second-order valence-corrected chi connectivity index (χ2v) is 2.53. The number of hydrogen-bond donors (Lipinski definition) is 2. The second kappa shape index (κ2) is 5.45. The summed E-state index contributed by atoms with van der Waals surface area (Å²) in [6.45, 7) is 1.80. The maximum absolute atomic E-state index is 5.38. The van der Waals surface area contributed by atoms with Gasteiger partial charge in [-0.2, -0.15) is 5.10 Å². The van der Waals surface area contributed by atoms with E-state index in [1.54, 1.807) is 7.11 Å². The van der Waals surface area contributed by atoms with Crippen LogP contribution < -0.4 is 11.1 Å². The van der Waals surface area contributed by atoms with Gasteiger partial charge in [0.2, 0.25) is 0 Å². The summed E-state index contributed by atoms with van der Waals surface area (Å²) in [7, 11) is 1.66. The lowest BCUT2D eigenvalue weighted by atomic mass is 10.4. The van der Waals surface area contributed by atoms with Crippen LogP contribution in [0.2, 0.25) is 0 Å². The summed E-state index contributed by atoms with van der Waals surface area (Å²) in [6, 6.07) is 3.70. The molecule has 0 unspecified atom stereocenters. The number of methoxy groups -OCH3 is 1. The number of aromatic nitrogens is 2. The number of nitrogens with one attached hydrogen (secondary N) is 1. The Labute approximate surface area is 77.3 Å². The van der Waals surface area contributed by atoms with Crippen molar-refractivity contribution >= 4 is 5.82 Å². The molecule has 0 radical (unpaired) electrons. The highest BCUT2D eigenvalue weighted by atomic mass is 16.5. The molecule has 0 amide bonds. The fraction of sp³-hybridized carbons (Fsp3) is 0.500. The molecular weight excluding hydrogens is 168 g/mol. The van der Waals surface area contributed by atoms with Crippen LogP contribution in [0.1, 0.15) is 5.69 Å². The number of nitrogens with two attached hydrogens (primary N) is 1. The van der Waals surface area contributed by atoms with Gasteiger partial charge in [0.1, 0.15) is 5.82 Å². The Balaban J connectivity index is 2.40. The summed E-state index contributed by atoms with van der Waals surface area (Å²) in [5.41, 5.74) is 6.17. The molecule has 0 aliphatic carbocycles. The normalized spacial score (nSPS) is 10.0. The molecule has 0 spiro atoms. The second-order valence-electron chi connectivity index (χ2n) is 2.53. The number of nitrogens with zero attached hydrogens (tertiary/aromatic N) is 2. The van der Waals surface area contributed by atoms with Crippen LogP contribution in [0.15, 0.2) is 12.1 Å². The van der Waals surface area contributed by atoms with Gasteiger partial charge in [0.25, 0.3) is 0 Å². The quantitative estimate of drug-likeness (QED) is 0.627. The van der Waals surface area contributed by atoms with Crippen molar-refractivity contribution in [1.29, 1.82) is 0 Å². The van der Waals surface area contributed by atoms with E-state index in [1.807, 2.05) is 12.1 Å². The van der Waals surface area contributed by atoms with Crippen LogP contribution in [0.4, 0.5) is 5.82 Å². The van der Waals surface area contributed by atoms with Gasteiger partial charge in [0, 0.05) is 20.2 Å². The molecule has 0 fully saturated rings. The number of hydrogen-bond acceptors (Lipinski definition) is 5. The third kappa shape index (κ3) is 3.35. The molecule has 0 aliphatic heterocycles. The molecule has 0 saturated heterocycles. The third-order valence-corrected chi connectivity index (χ3v) is 1.54. The Hall–Kier alpha value is -1.20. The molecule has 13 heavy (non-hydrogen) atoms. The maximum atomic E-state index is 5.38. The zero-order chi connectivity index (χ0) is 9.52. The van der Waals surface area contributed by atoms with E-state index in [0.717, 1.165) is 18.1 Å². The molecule has 0 atom stereocenters. The maximum Gasteiger partial charge on any atom is 0.148 e. The van der Waals surface area contributed by atoms with Crippen molar-refractivity contribution in [2.45, 2.75) is 6.54 Å². The van der Waals surface area contributed by atoms with E-state index in [-0.39, 0.29) is 0 Å². The van der Waals surface area contributed by atoms with Crippen molar-refractivity contribution in [2.24, 2.45) is 5.73 Å². The van der Waals surface area contributed by atoms with E-state index in [9.17, 15) is 0 Å². The minimum atomic E-state index is 0.422. The first-order valence-corrected chi connectivity index (χ1v) is 4.12. The lowest BCUT2D eigenvalue weighted by molar-refractivity contribution is 0.210. The summed E-state index contributed by atoms with van der Waals surface area (Å²) in [5, 5.41) is 10.9. The molecule has 0 aromatic carbocycles. The smallest absolute Gasteiger partial charge is 0.148 e. The average Bonchev–Trinajstić information content (AvgIpc) is 2.19. The van der Waals surface area contributed by atoms with Crippen LogP contribution in [-0.4, -0.2) is 30.5 Å². The monoisotopic (exact) mass is 182 g/mol. The highest BCUT2D eigenvalue weighted by Gasteiger charge is 1.94. The highest BCUT2D eigenvalue weighted by Crippen LogP contribution is 2.00. The van der Waals surface area contributed by atoms with Gasteiger partial charge in [-0.15, -0.1) is 5.10 Å². The lowest BCUT2D eigenvalue weighted by Gasteiger charge is -2.03. The van der Waals surface area contributed by atoms with Crippen molar-refractivity contribution in [3.8, 4) is 0 Å². The standard InChI is InChI=1S/C8H14N4O/c1-13-5-4-10-8-3-2-7(6-9)11-12-8/h2-3H,4-6,9H2,1H3,(H,10,12). The van der Waals surface area contributed by atoms with Crippen molar-refractivity contribution < 1.29 is 4.74 Å². The van der Waals surface area contributed by atoms with E-state index in [4.69, 9.17) is 10.5 Å². The van der Waals surface area contributed by atoms with Crippen molar-refractivity contribution in [3.05, 3.63) is 17.8 Å². The molecule has 3 N–H and O–H groups in total. The minimum absolute atomic E-state index is 0.422. The number of rotatable bonds is 5. The average molecular weight is 182 g/mol. The molecule has 1 aromatic heterocycles. The van der Waals surface area contributed by atoms with Crippen LogP contribution in [0.3, 0.4) is 0 Å². The van der Waals surface area contributed by atoms with Crippen LogP contribution in [0, 0.1) is 0 Å². The van der Waals surface area contributed by atoms with Gasteiger partial charge in [-0.3, -0.25) is 0 Å². The molecule has 5 heteroatoms.